The SMILES string of the molecule is CCOc1ccccc1OCCCC(=O)Nc1ccc(S(=O)(=O)N(C)C)cc1. The van der Waals surface area contributed by atoms with Crippen LogP contribution in [0, 0.1) is 0 Å². The Hall–Kier alpha value is -2.58. The van der Waals surface area contributed by atoms with Gasteiger partial charge < -0.3 is 14.8 Å². The van der Waals surface area contributed by atoms with Crippen LogP contribution in [-0.4, -0.2) is 45.9 Å². The lowest BCUT2D eigenvalue weighted by Gasteiger charge is -2.12. The summed E-state index contributed by atoms with van der Waals surface area (Å²) in [5.41, 5.74) is 0.547. The monoisotopic (exact) mass is 406 g/mol. The van der Waals surface area contributed by atoms with Gasteiger partial charge in [-0.05, 0) is 49.7 Å². The molecule has 7 nitrogen and oxygen atoms in total. The molecule has 28 heavy (non-hydrogen) atoms. The number of hydrogen-bond acceptors (Lipinski definition) is 5. The molecule has 8 heteroatoms. The molecule has 0 fully saturated rings. The minimum Gasteiger partial charge on any atom is -0.490 e. The number of rotatable bonds is 10. The van der Waals surface area contributed by atoms with Crippen LogP contribution >= 0.6 is 0 Å². The molecule has 152 valence electrons. The largest absolute Gasteiger partial charge is 0.490 e. The van der Waals surface area contributed by atoms with Gasteiger partial charge in [0.15, 0.2) is 11.5 Å². The third-order valence-electron chi connectivity index (χ3n) is 3.87. The van der Waals surface area contributed by atoms with Crippen LogP contribution in [0.5, 0.6) is 11.5 Å². The number of para-hydroxylation sites is 2. The maximum absolute atomic E-state index is 12.1. The second kappa shape index (κ2) is 10.1. The molecule has 2 rings (SSSR count). The minimum atomic E-state index is -3.48. The number of benzene rings is 2. The maximum atomic E-state index is 12.1. The van der Waals surface area contributed by atoms with Gasteiger partial charge in [-0.15, -0.1) is 0 Å². The van der Waals surface area contributed by atoms with Gasteiger partial charge in [0.1, 0.15) is 0 Å². The number of anilines is 1. The zero-order chi connectivity index (χ0) is 20.6. The van der Waals surface area contributed by atoms with Crippen molar-refractivity contribution in [2.75, 3.05) is 32.6 Å². The van der Waals surface area contributed by atoms with E-state index in [1.54, 1.807) is 12.1 Å². The molecule has 0 saturated heterocycles. The summed E-state index contributed by atoms with van der Waals surface area (Å²) in [5, 5.41) is 2.75. The van der Waals surface area contributed by atoms with Crippen molar-refractivity contribution in [1.29, 1.82) is 0 Å². The molecule has 2 aromatic carbocycles. The van der Waals surface area contributed by atoms with E-state index in [9.17, 15) is 13.2 Å². The van der Waals surface area contributed by atoms with Gasteiger partial charge >= 0.3 is 0 Å². The third kappa shape index (κ3) is 5.97. The first-order chi connectivity index (χ1) is 13.3. The summed E-state index contributed by atoms with van der Waals surface area (Å²) >= 11 is 0. The van der Waals surface area contributed by atoms with Crippen LogP contribution in [0.25, 0.3) is 0 Å². The van der Waals surface area contributed by atoms with Gasteiger partial charge in [0.2, 0.25) is 15.9 Å². The smallest absolute Gasteiger partial charge is 0.242 e. The highest BCUT2D eigenvalue weighted by atomic mass is 32.2. The topological polar surface area (TPSA) is 84.9 Å². The van der Waals surface area contributed by atoms with E-state index < -0.39 is 10.0 Å². The summed E-state index contributed by atoms with van der Waals surface area (Å²) in [4.78, 5) is 12.2. The molecule has 1 N–H and O–H groups in total. The number of nitrogens with one attached hydrogen (secondary N) is 1. The van der Waals surface area contributed by atoms with Gasteiger partial charge in [0.25, 0.3) is 0 Å². The Morgan fingerprint density at radius 2 is 1.61 bits per heavy atom. The van der Waals surface area contributed by atoms with Gasteiger partial charge in [-0.1, -0.05) is 12.1 Å². The molecule has 0 bridgehead atoms. The quantitative estimate of drug-likeness (QED) is 0.613. The van der Waals surface area contributed by atoms with E-state index in [4.69, 9.17) is 9.47 Å². The van der Waals surface area contributed by atoms with Gasteiger partial charge in [0.05, 0.1) is 18.1 Å². The minimum absolute atomic E-state index is 0.162. The van der Waals surface area contributed by atoms with E-state index in [0.717, 1.165) is 4.31 Å². The van der Waals surface area contributed by atoms with Crippen molar-refractivity contribution in [3.05, 3.63) is 48.5 Å². The number of hydrogen-bond donors (Lipinski definition) is 1. The van der Waals surface area contributed by atoms with Gasteiger partial charge in [-0.3, -0.25) is 4.79 Å². The average molecular weight is 407 g/mol. The standard InChI is InChI=1S/C20H26N2O5S/c1-4-26-18-8-5-6-9-19(18)27-15-7-10-20(23)21-16-11-13-17(14-12-16)28(24,25)22(2)3/h5-6,8-9,11-14H,4,7,10,15H2,1-3H3,(H,21,23). The zero-order valence-corrected chi connectivity index (χ0v) is 17.2. The average Bonchev–Trinajstić information content (AvgIpc) is 2.67. The van der Waals surface area contributed by atoms with E-state index in [0.29, 0.717) is 36.8 Å². The highest BCUT2D eigenvalue weighted by molar-refractivity contribution is 7.89. The summed E-state index contributed by atoms with van der Waals surface area (Å²) in [7, 11) is -0.536. The number of nitrogens with zero attached hydrogens (tertiary/aromatic N) is 1. The lowest BCUT2D eigenvalue weighted by atomic mass is 10.2. The fourth-order valence-electron chi connectivity index (χ4n) is 2.40. The van der Waals surface area contributed by atoms with E-state index in [-0.39, 0.29) is 17.2 Å². The highest BCUT2D eigenvalue weighted by Crippen LogP contribution is 2.26. The summed E-state index contributed by atoms with van der Waals surface area (Å²) in [5.74, 6) is 1.18. The van der Waals surface area contributed by atoms with Crippen LogP contribution in [-0.2, 0) is 14.8 Å². The Labute approximate surface area is 166 Å². The van der Waals surface area contributed by atoms with E-state index in [2.05, 4.69) is 5.32 Å². The van der Waals surface area contributed by atoms with Crippen LogP contribution in [0.2, 0.25) is 0 Å². The molecule has 0 heterocycles. The number of ether oxygens (including phenoxy) is 2. The molecule has 2 aromatic rings. The Kier molecular flexibility index (Phi) is 7.83. The highest BCUT2D eigenvalue weighted by Gasteiger charge is 2.16. The molecule has 0 aliphatic heterocycles. The molecular weight excluding hydrogens is 380 g/mol. The van der Waals surface area contributed by atoms with Crippen molar-refractivity contribution < 1.29 is 22.7 Å². The summed E-state index contributed by atoms with van der Waals surface area (Å²) in [6.07, 6.45) is 0.827. The molecule has 0 aliphatic carbocycles. The second-order valence-corrected chi connectivity index (χ2v) is 8.34. The Bertz CT molecular complexity index is 880. The predicted octanol–water partition coefficient (Wildman–Crippen LogP) is 3.13. The van der Waals surface area contributed by atoms with Crippen molar-refractivity contribution in [3.8, 4) is 11.5 Å². The second-order valence-electron chi connectivity index (χ2n) is 6.19. The number of sulfonamides is 1. The molecule has 1 amide bonds. The number of amides is 1. The summed E-state index contributed by atoms with van der Waals surface area (Å²) in [6, 6.07) is 13.5. The number of carbonyl (C=O) groups excluding carboxylic acids is 1. The van der Waals surface area contributed by atoms with Crippen LogP contribution < -0.4 is 14.8 Å². The van der Waals surface area contributed by atoms with E-state index >= 15 is 0 Å². The van der Waals surface area contributed by atoms with Crippen LogP contribution in [0.4, 0.5) is 5.69 Å². The predicted molar refractivity (Wildman–Crippen MR) is 108 cm³/mol. The van der Waals surface area contributed by atoms with Crippen molar-refractivity contribution in [2.45, 2.75) is 24.7 Å². The first-order valence-corrected chi connectivity index (χ1v) is 10.5. The third-order valence-corrected chi connectivity index (χ3v) is 5.70. The fourth-order valence-corrected chi connectivity index (χ4v) is 3.31. The van der Waals surface area contributed by atoms with Crippen molar-refractivity contribution in [3.63, 3.8) is 0 Å². The van der Waals surface area contributed by atoms with Crippen molar-refractivity contribution >= 4 is 21.6 Å². The Balaban J connectivity index is 1.80. The Morgan fingerprint density at radius 1 is 1.00 bits per heavy atom. The molecule has 0 radical (unpaired) electrons. The molecule has 0 spiro atoms. The first kappa shape index (κ1) is 21.7. The van der Waals surface area contributed by atoms with Crippen LogP contribution in [0.3, 0.4) is 0 Å². The fraction of sp³-hybridized carbons (Fsp3) is 0.350. The Morgan fingerprint density at radius 3 is 2.18 bits per heavy atom. The maximum Gasteiger partial charge on any atom is 0.242 e. The lowest BCUT2D eigenvalue weighted by molar-refractivity contribution is -0.116. The van der Waals surface area contributed by atoms with Crippen LogP contribution in [0.15, 0.2) is 53.4 Å². The molecule has 0 aromatic heterocycles. The first-order valence-electron chi connectivity index (χ1n) is 9.01. The zero-order valence-electron chi connectivity index (χ0n) is 16.3. The normalized spacial score (nSPS) is 11.3. The molecule has 0 unspecified atom stereocenters. The summed E-state index contributed by atoms with van der Waals surface area (Å²) < 4.78 is 36.4. The van der Waals surface area contributed by atoms with Crippen LogP contribution in [0.1, 0.15) is 19.8 Å². The molecule has 0 aliphatic rings. The van der Waals surface area contributed by atoms with Gasteiger partial charge in [-0.2, -0.15) is 0 Å². The van der Waals surface area contributed by atoms with Gasteiger partial charge in [-0.25, -0.2) is 12.7 Å². The number of carbonyl (C=O) groups is 1. The van der Waals surface area contributed by atoms with E-state index in [1.165, 1.54) is 26.2 Å². The van der Waals surface area contributed by atoms with Gasteiger partial charge in [0, 0.05) is 26.2 Å². The molecule has 0 atom stereocenters. The summed E-state index contributed by atoms with van der Waals surface area (Å²) in [6.45, 7) is 2.85. The molecular formula is C20H26N2O5S. The van der Waals surface area contributed by atoms with E-state index in [1.807, 2.05) is 31.2 Å². The molecule has 0 saturated carbocycles. The van der Waals surface area contributed by atoms with Crippen molar-refractivity contribution in [2.24, 2.45) is 0 Å². The van der Waals surface area contributed by atoms with Crippen molar-refractivity contribution in [1.82, 2.24) is 4.31 Å². The lowest BCUT2D eigenvalue weighted by Crippen LogP contribution is -2.22.